The minimum Gasteiger partial charge on any atom is -0.313 e. The molecule has 19 heavy (non-hydrogen) atoms. The van der Waals surface area contributed by atoms with Gasteiger partial charge in [-0.2, -0.15) is 5.10 Å². The summed E-state index contributed by atoms with van der Waals surface area (Å²) in [4.78, 5) is 4.49. The molecule has 0 saturated heterocycles. The lowest BCUT2D eigenvalue weighted by Gasteiger charge is -2.06. The largest absolute Gasteiger partial charge is 0.313 e. The molecule has 1 N–H and O–H groups in total. The number of fused-ring (bicyclic) bond motifs is 1. The van der Waals surface area contributed by atoms with Crippen LogP contribution in [0.25, 0.3) is 11.0 Å². The van der Waals surface area contributed by atoms with Crippen molar-refractivity contribution in [3.05, 3.63) is 23.5 Å². The number of hydrogen-bond donors (Lipinski definition) is 1. The Morgan fingerprint density at radius 1 is 1.37 bits per heavy atom. The zero-order valence-corrected chi connectivity index (χ0v) is 12.4. The van der Waals surface area contributed by atoms with Gasteiger partial charge in [0.15, 0.2) is 5.65 Å². The van der Waals surface area contributed by atoms with Crippen LogP contribution in [0.15, 0.2) is 12.3 Å². The van der Waals surface area contributed by atoms with E-state index in [-0.39, 0.29) is 0 Å². The Bertz CT molecular complexity index is 542. The van der Waals surface area contributed by atoms with E-state index in [1.807, 2.05) is 24.9 Å². The molecular weight excluding hydrogens is 236 g/mol. The molecule has 2 aromatic rings. The number of nitrogens with zero attached hydrogens (tertiary/aromatic N) is 3. The predicted octanol–water partition coefficient (Wildman–Crippen LogP) is 2.80. The molecule has 0 aliphatic heterocycles. The number of pyridine rings is 1. The SMILES string of the molecule is Cc1nn(C)c2ncc(CNCCCC(C)C)cc12. The first-order chi connectivity index (χ1) is 9.08. The molecule has 0 atom stereocenters. The van der Waals surface area contributed by atoms with Crippen LogP contribution in [0.1, 0.15) is 37.9 Å². The molecule has 2 rings (SSSR count). The Morgan fingerprint density at radius 2 is 2.16 bits per heavy atom. The first-order valence-electron chi connectivity index (χ1n) is 7.07. The van der Waals surface area contributed by atoms with E-state index in [1.165, 1.54) is 18.4 Å². The van der Waals surface area contributed by atoms with E-state index in [4.69, 9.17) is 0 Å². The topological polar surface area (TPSA) is 42.7 Å². The lowest BCUT2D eigenvalue weighted by Crippen LogP contribution is -2.15. The van der Waals surface area contributed by atoms with Gasteiger partial charge in [-0.25, -0.2) is 4.98 Å². The Kier molecular flexibility index (Phi) is 4.53. The molecule has 0 bridgehead atoms. The summed E-state index contributed by atoms with van der Waals surface area (Å²) in [5.41, 5.74) is 3.24. The second-order valence-corrected chi connectivity index (χ2v) is 5.64. The van der Waals surface area contributed by atoms with Crippen molar-refractivity contribution in [2.75, 3.05) is 6.54 Å². The normalized spacial score (nSPS) is 11.6. The van der Waals surface area contributed by atoms with Gasteiger partial charge >= 0.3 is 0 Å². The van der Waals surface area contributed by atoms with E-state index in [1.54, 1.807) is 0 Å². The van der Waals surface area contributed by atoms with Gasteiger partial charge < -0.3 is 5.32 Å². The molecule has 0 aliphatic carbocycles. The van der Waals surface area contributed by atoms with Gasteiger partial charge in [0.2, 0.25) is 0 Å². The molecule has 0 amide bonds. The van der Waals surface area contributed by atoms with Crippen LogP contribution in [0.5, 0.6) is 0 Å². The summed E-state index contributed by atoms with van der Waals surface area (Å²) in [6.45, 7) is 8.52. The van der Waals surface area contributed by atoms with Crippen LogP contribution >= 0.6 is 0 Å². The monoisotopic (exact) mass is 260 g/mol. The van der Waals surface area contributed by atoms with Crippen LogP contribution in [0.3, 0.4) is 0 Å². The standard InChI is InChI=1S/C15H24N4/c1-11(2)6-5-7-16-9-13-8-14-12(3)18-19(4)15(14)17-10-13/h8,10-11,16H,5-7,9H2,1-4H3. The van der Waals surface area contributed by atoms with E-state index in [0.29, 0.717) is 0 Å². The highest BCUT2D eigenvalue weighted by Crippen LogP contribution is 2.16. The third-order valence-electron chi connectivity index (χ3n) is 3.38. The minimum atomic E-state index is 0.790. The maximum atomic E-state index is 4.49. The van der Waals surface area contributed by atoms with Gasteiger partial charge in [-0.1, -0.05) is 13.8 Å². The molecule has 2 heterocycles. The molecule has 0 aromatic carbocycles. The van der Waals surface area contributed by atoms with Gasteiger partial charge in [0.05, 0.1) is 5.69 Å². The summed E-state index contributed by atoms with van der Waals surface area (Å²) in [6.07, 6.45) is 4.46. The van der Waals surface area contributed by atoms with Gasteiger partial charge in [0, 0.05) is 25.2 Å². The summed E-state index contributed by atoms with van der Waals surface area (Å²) in [7, 11) is 1.94. The molecule has 4 heteroatoms. The van der Waals surface area contributed by atoms with E-state index >= 15 is 0 Å². The average Bonchev–Trinajstić information content (AvgIpc) is 2.64. The van der Waals surface area contributed by atoms with Crippen molar-refractivity contribution in [3.63, 3.8) is 0 Å². The van der Waals surface area contributed by atoms with Gasteiger partial charge in [0.25, 0.3) is 0 Å². The number of hydrogen-bond acceptors (Lipinski definition) is 3. The van der Waals surface area contributed by atoms with Crippen molar-refractivity contribution in [1.82, 2.24) is 20.1 Å². The highest BCUT2D eigenvalue weighted by Gasteiger charge is 2.06. The van der Waals surface area contributed by atoms with Crippen molar-refractivity contribution in [2.45, 2.75) is 40.2 Å². The molecule has 2 aromatic heterocycles. The first-order valence-corrected chi connectivity index (χ1v) is 7.07. The number of aryl methyl sites for hydroxylation is 2. The molecule has 4 nitrogen and oxygen atoms in total. The number of rotatable bonds is 6. The van der Waals surface area contributed by atoms with Crippen LogP contribution in [0, 0.1) is 12.8 Å². The Morgan fingerprint density at radius 3 is 2.89 bits per heavy atom. The molecule has 104 valence electrons. The van der Waals surface area contributed by atoms with Gasteiger partial charge in [-0.05, 0) is 43.9 Å². The molecule has 0 radical (unpaired) electrons. The molecule has 0 aliphatic rings. The van der Waals surface area contributed by atoms with E-state index in [9.17, 15) is 0 Å². The number of aromatic nitrogens is 3. The Labute approximate surface area is 115 Å². The smallest absolute Gasteiger partial charge is 0.157 e. The van der Waals surface area contributed by atoms with Crippen LogP contribution in [0.2, 0.25) is 0 Å². The second-order valence-electron chi connectivity index (χ2n) is 5.64. The lowest BCUT2D eigenvalue weighted by molar-refractivity contribution is 0.527. The maximum Gasteiger partial charge on any atom is 0.157 e. The summed E-state index contributed by atoms with van der Waals surface area (Å²) >= 11 is 0. The second kappa shape index (κ2) is 6.15. The fraction of sp³-hybridized carbons (Fsp3) is 0.600. The maximum absolute atomic E-state index is 4.49. The first kappa shape index (κ1) is 14.0. The number of nitrogens with one attached hydrogen (secondary N) is 1. The predicted molar refractivity (Wildman–Crippen MR) is 79.0 cm³/mol. The third-order valence-corrected chi connectivity index (χ3v) is 3.38. The summed E-state index contributed by atoms with van der Waals surface area (Å²) in [6, 6.07) is 2.19. The van der Waals surface area contributed by atoms with E-state index in [0.717, 1.165) is 35.7 Å². The Balaban J connectivity index is 1.92. The molecule has 0 unspecified atom stereocenters. The minimum absolute atomic E-state index is 0.790. The fourth-order valence-corrected chi connectivity index (χ4v) is 2.32. The zero-order chi connectivity index (χ0) is 13.8. The van der Waals surface area contributed by atoms with Crippen LogP contribution in [-0.2, 0) is 13.6 Å². The Hall–Kier alpha value is -1.42. The highest BCUT2D eigenvalue weighted by molar-refractivity contribution is 5.78. The summed E-state index contributed by atoms with van der Waals surface area (Å²) in [5.74, 6) is 0.790. The molecule has 0 saturated carbocycles. The van der Waals surface area contributed by atoms with Gasteiger partial charge in [-0.15, -0.1) is 0 Å². The van der Waals surface area contributed by atoms with Crippen molar-refractivity contribution >= 4 is 11.0 Å². The van der Waals surface area contributed by atoms with Gasteiger partial charge in [-0.3, -0.25) is 4.68 Å². The fourth-order valence-electron chi connectivity index (χ4n) is 2.32. The third kappa shape index (κ3) is 3.53. The molecule has 0 fully saturated rings. The molecular formula is C15H24N4. The average molecular weight is 260 g/mol. The highest BCUT2D eigenvalue weighted by atomic mass is 15.3. The zero-order valence-electron chi connectivity index (χ0n) is 12.4. The van der Waals surface area contributed by atoms with E-state index < -0.39 is 0 Å². The summed E-state index contributed by atoms with van der Waals surface area (Å²) < 4.78 is 1.84. The van der Waals surface area contributed by atoms with Crippen LogP contribution < -0.4 is 5.32 Å². The van der Waals surface area contributed by atoms with Crippen molar-refractivity contribution in [3.8, 4) is 0 Å². The van der Waals surface area contributed by atoms with Crippen LogP contribution in [0.4, 0.5) is 0 Å². The molecule has 0 spiro atoms. The van der Waals surface area contributed by atoms with E-state index in [2.05, 4.69) is 35.3 Å². The van der Waals surface area contributed by atoms with Gasteiger partial charge in [0.1, 0.15) is 0 Å². The summed E-state index contributed by atoms with van der Waals surface area (Å²) in [5, 5.41) is 9.03. The van der Waals surface area contributed by atoms with Crippen molar-refractivity contribution in [2.24, 2.45) is 13.0 Å². The van der Waals surface area contributed by atoms with Crippen LogP contribution in [-0.4, -0.2) is 21.3 Å². The van der Waals surface area contributed by atoms with Crippen molar-refractivity contribution < 1.29 is 0 Å². The lowest BCUT2D eigenvalue weighted by atomic mass is 10.1. The van der Waals surface area contributed by atoms with Crippen molar-refractivity contribution in [1.29, 1.82) is 0 Å². The quantitative estimate of drug-likeness (QED) is 0.812.